The minimum Gasteiger partial charge on any atom is -0.480 e. The van der Waals surface area contributed by atoms with Crippen molar-refractivity contribution in [2.45, 2.75) is 52.8 Å². The molecule has 6 heteroatoms. The first-order valence-electron chi connectivity index (χ1n) is 7.92. The second-order valence-electron chi connectivity index (χ2n) is 7.15. The van der Waals surface area contributed by atoms with E-state index in [1.807, 2.05) is 13.8 Å². The van der Waals surface area contributed by atoms with Crippen LogP contribution in [0.4, 0.5) is 4.79 Å². The Morgan fingerprint density at radius 1 is 1.17 bits per heavy atom. The van der Waals surface area contributed by atoms with E-state index in [0.717, 1.165) is 5.56 Å². The molecule has 0 spiro atoms. The number of rotatable bonds is 6. The molecule has 134 valence electrons. The van der Waals surface area contributed by atoms with Crippen LogP contribution in [0.1, 0.15) is 40.2 Å². The summed E-state index contributed by atoms with van der Waals surface area (Å²) in [5, 5.41) is 9.32. The number of carboxylic acids is 1. The average Bonchev–Trinajstić information content (AvgIpc) is 2.37. The maximum atomic E-state index is 11.6. The van der Waals surface area contributed by atoms with E-state index in [0.29, 0.717) is 12.3 Å². The van der Waals surface area contributed by atoms with E-state index in [2.05, 4.69) is 0 Å². The Kier molecular flexibility index (Phi) is 6.78. The predicted octanol–water partition coefficient (Wildman–Crippen LogP) is 3.54. The zero-order valence-corrected chi connectivity index (χ0v) is 15.2. The van der Waals surface area contributed by atoms with Crippen LogP contribution in [-0.4, -0.2) is 40.8 Å². The van der Waals surface area contributed by atoms with Gasteiger partial charge in [-0.1, -0.05) is 26.0 Å². The number of carbonyl (C=O) groups is 2. The fourth-order valence-corrected chi connectivity index (χ4v) is 2.40. The smallest absolute Gasteiger partial charge is 0.480 e. The Bertz CT molecular complexity index is 560. The van der Waals surface area contributed by atoms with E-state index in [4.69, 9.17) is 9.47 Å². The van der Waals surface area contributed by atoms with E-state index >= 15 is 0 Å². The Morgan fingerprint density at radius 2 is 1.71 bits per heavy atom. The van der Waals surface area contributed by atoms with Crippen molar-refractivity contribution >= 4 is 12.1 Å². The highest BCUT2D eigenvalue weighted by Crippen LogP contribution is 2.18. The van der Waals surface area contributed by atoms with Gasteiger partial charge in [0.05, 0.1) is 0 Å². The maximum Gasteiger partial charge on any atom is 0.514 e. The molecule has 0 aromatic heterocycles. The topological polar surface area (TPSA) is 76.1 Å². The summed E-state index contributed by atoms with van der Waals surface area (Å²) in [6.45, 7) is 9.55. The van der Waals surface area contributed by atoms with Crippen LogP contribution in [0.2, 0.25) is 0 Å². The van der Waals surface area contributed by atoms with Crippen molar-refractivity contribution in [2.24, 2.45) is 5.92 Å². The molecule has 1 aromatic rings. The summed E-state index contributed by atoms with van der Waals surface area (Å²) < 4.78 is 10.2. The van der Waals surface area contributed by atoms with Crippen LogP contribution in [0.15, 0.2) is 24.3 Å². The van der Waals surface area contributed by atoms with E-state index in [1.165, 1.54) is 0 Å². The lowest BCUT2D eigenvalue weighted by Gasteiger charge is -2.27. The molecule has 0 aliphatic rings. The van der Waals surface area contributed by atoms with E-state index in [9.17, 15) is 14.7 Å². The van der Waals surface area contributed by atoms with Crippen LogP contribution in [0.3, 0.4) is 0 Å². The summed E-state index contributed by atoms with van der Waals surface area (Å²) in [5.41, 5.74) is 0.323. The number of hydrogen-bond donors (Lipinski definition) is 1. The number of carboxylic acid groups (broad SMARTS) is 1. The zero-order chi connectivity index (χ0) is 18.5. The average molecular weight is 337 g/mol. The predicted molar refractivity (Wildman–Crippen MR) is 91.0 cm³/mol. The fraction of sp³-hybridized carbons (Fsp3) is 0.556. The molecule has 0 bridgehead atoms. The van der Waals surface area contributed by atoms with Gasteiger partial charge in [0, 0.05) is 6.54 Å². The van der Waals surface area contributed by atoms with Crippen molar-refractivity contribution in [3.8, 4) is 5.75 Å². The molecule has 0 heterocycles. The number of ether oxygens (including phenoxy) is 2. The molecule has 0 aliphatic heterocycles. The van der Waals surface area contributed by atoms with Crippen LogP contribution in [-0.2, 0) is 16.1 Å². The number of likely N-dealkylation sites (N-methyl/N-ethyl adjacent to an activating group) is 1. The highest BCUT2D eigenvalue weighted by molar-refractivity contribution is 5.73. The third-order valence-electron chi connectivity index (χ3n) is 3.31. The van der Waals surface area contributed by atoms with E-state index in [-0.39, 0.29) is 5.92 Å². The summed E-state index contributed by atoms with van der Waals surface area (Å²) in [6.07, 6.45) is -0.752. The normalized spacial score (nSPS) is 13.0. The molecule has 1 aromatic carbocycles. The van der Waals surface area contributed by atoms with Crippen molar-refractivity contribution in [3.63, 3.8) is 0 Å². The van der Waals surface area contributed by atoms with Gasteiger partial charge in [-0.25, -0.2) is 4.79 Å². The van der Waals surface area contributed by atoms with Crippen molar-refractivity contribution < 1.29 is 24.2 Å². The number of hydrogen-bond acceptors (Lipinski definition) is 5. The summed E-state index contributed by atoms with van der Waals surface area (Å²) in [4.78, 5) is 24.7. The van der Waals surface area contributed by atoms with Crippen LogP contribution < -0.4 is 4.74 Å². The molecule has 0 aliphatic carbocycles. The fourth-order valence-electron chi connectivity index (χ4n) is 2.40. The van der Waals surface area contributed by atoms with Gasteiger partial charge in [0.1, 0.15) is 17.4 Å². The summed E-state index contributed by atoms with van der Waals surface area (Å²) in [5.74, 6) is -0.450. The van der Waals surface area contributed by atoms with Crippen molar-refractivity contribution in [1.82, 2.24) is 4.90 Å². The Morgan fingerprint density at radius 3 is 2.12 bits per heavy atom. The Hall–Kier alpha value is -2.08. The highest BCUT2D eigenvalue weighted by atomic mass is 16.7. The SMILES string of the molecule is CC(C)[C@@H](C(=O)O)N(C)Cc1ccc(OC(=O)OC(C)(C)C)cc1. The lowest BCUT2D eigenvalue weighted by atomic mass is 10.0. The third kappa shape index (κ3) is 6.58. The Balaban J connectivity index is 2.67. The van der Waals surface area contributed by atoms with E-state index in [1.54, 1.807) is 57.0 Å². The van der Waals surface area contributed by atoms with Crippen LogP contribution >= 0.6 is 0 Å². The lowest BCUT2D eigenvalue weighted by Crippen LogP contribution is -2.41. The maximum absolute atomic E-state index is 11.6. The van der Waals surface area contributed by atoms with Crippen molar-refractivity contribution in [1.29, 1.82) is 0 Å². The number of aliphatic carboxylic acids is 1. The standard InChI is InChI=1S/C18H27NO5/c1-12(2)15(16(20)21)19(6)11-13-7-9-14(10-8-13)23-17(22)24-18(3,4)5/h7-10,12,15H,11H2,1-6H3,(H,20,21)/t15-/m0/s1. The monoisotopic (exact) mass is 337 g/mol. The minimum atomic E-state index is -0.836. The summed E-state index contributed by atoms with van der Waals surface area (Å²) >= 11 is 0. The van der Waals surface area contributed by atoms with Crippen LogP contribution in [0.5, 0.6) is 5.75 Å². The molecule has 0 fully saturated rings. The van der Waals surface area contributed by atoms with E-state index < -0.39 is 23.8 Å². The molecule has 6 nitrogen and oxygen atoms in total. The molecule has 0 saturated heterocycles. The molecule has 1 rings (SSSR count). The Labute approximate surface area is 143 Å². The van der Waals surface area contributed by atoms with Gasteiger partial charge in [0.2, 0.25) is 0 Å². The molecule has 24 heavy (non-hydrogen) atoms. The summed E-state index contributed by atoms with van der Waals surface area (Å²) in [7, 11) is 1.78. The zero-order valence-electron chi connectivity index (χ0n) is 15.2. The molecule has 1 N–H and O–H groups in total. The van der Waals surface area contributed by atoms with Crippen LogP contribution in [0, 0.1) is 5.92 Å². The van der Waals surface area contributed by atoms with Gasteiger partial charge in [0.25, 0.3) is 0 Å². The quantitative estimate of drug-likeness (QED) is 0.632. The molecule has 1 atom stereocenters. The lowest BCUT2D eigenvalue weighted by molar-refractivity contribution is -0.144. The highest BCUT2D eigenvalue weighted by Gasteiger charge is 2.26. The largest absolute Gasteiger partial charge is 0.514 e. The van der Waals surface area contributed by atoms with Crippen molar-refractivity contribution in [3.05, 3.63) is 29.8 Å². The van der Waals surface area contributed by atoms with Gasteiger partial charge in [-0.15, -0.1) is 0 Å². The van der Waals surface area contributed by atoms with Crippen molar-refractivity contribution in [2.75, 3.05) is 7.05 Å². The number of carbonyl (C=O) groups excluding carboxylic acids is 1. The van der Waals surface area contributed by atoms with Gasteiger partial charge >= 0.3 is 12.1 Å². The summed E-state index contributed by atoms with van der Waals surface area (Å²) in [6, 6.07) is 6.38. The second kappa shape index (κ2) is 8.15. The van der Waals surface area contributed by atoms with Crippen LogP contribution in [0.25, 0.3) is 0 Å². The number of nitrogens with zero attached hydrogens (tertiary/aromatic N) is 1. The van der Waals surface area contributed by atoms with Gasteiger partial charge in [-0.2, -0.15) is 0 Å². The van der Waals surface area contributed by atoms with Gasteiger partial charge in [-0.05, 0) is 51.4 Å². The molecule has 0 unspecified atom stereocenters. The van der Waals surface area contributed by atoms with Gasteiger partial charge in [0.15, 0.2) is 0 Å². The molecular weight excluding hydrogens is 310 g/mol. The first kappa shape index (κ1) is 20.0. The molecule has 0 radical (unpaired) electrons. The first-order valence-corrected chi connectivity index (χ1v) is 7.92. The molecule has 0 amide bonds. The first-order chi connectivity index (χ1) is 11.0. The van der Waals surface area contributed by atoms with Gasteiger partial charge in [-0.3, -0.25) is 9.69 Å². The van der Waals surface area contributed by atoms with Gasteiger partial charge < -0.3 is 14.6 Å². The number of benzene rings is 1. The minimum absolute atomic E-state index is 0.00211. The second-order valence-corrected chi connectivity index (χ2v) is 7.15. The third-order valence-corrected chi connectivity index (χ3v) is 3.31. The molecular formula is C18H27NO5. The molecule has 0 saturated carbocycles.